The van der Waals surface area contributed by atoms with Gasteiger partial charge in [0.25, 0.3) is 0 Å². The fourth-order valence-corrected chi connectivity index (χ4v) is 1.91. The van der Waals surface area contributed by atoms with Gasteiger partial charge in [-0.05, 0) is 33.6 Å². The largest absolute Gasteiger partial charge is 0.469 e. The van der Waals surface area contributed by atoms with Crippen LogP contribution in [0.25, 0.3) is 0 Å². The molecule has 1 atom stereocenters. The highest BCUT2D eigenvalue weighted by Crippen LogP contribution is 2.38. The highest BCUT2D eigenvalue weighted by Gasteiger charge is 2.42. The van der Waals surface area contributed by atoms with E-state index in [0.717, 1.165) is 0 Å². The topological polar surface area (TPSA) is 52.6 Å². The molecular weight excluding hydrogens is 232 g/mol. The van der Waals surface area contributed by atoms with Crippen molar-refractivity contribution >= 4 is 11.9 Å². The molecule has 0 aromatic rings. The molecule has 0 N–H and O–H groups in total. The van der Waals surface area contributed by atoms with E-state index in [-0.39, 0.29) is 26.8 Å². The minimum Gasteiger partial charge on any atom is -0.469 e. The van der Waals surface area contributed by atoms with Crippen molar-refractivity contribution in [3.05, 3.63) is 0 Å². The zero-order valence-electron chi connectivity index (χ0n) is 11.0. The van der Waals surface area contributed by atoms with Gasteiger partial charge in [-0.25, -0.2) is 0 Å². The minimum atomic E-state index is -0.687. The Morgan fingerprint density at radius 2 is 1.33 bits per heavy atom. The summed E-state index contributed by atoms with van der Waals surface area (Å²) in [6.45, 7) is 7.26. The number of rotatable bonds is 5. The molecule has 0 spiro atoms. The third kappa shape index (κ3) is 5.07. The standard InChI is InChI=1S/C12H22O4.2CH4/c1-7-12(4,10(14)16-6)8-11(2,3)9(13)15-5;;/h7-8H2,1-6H3;2*1H4. The Balaban J connectivity index is -0.00000112. The maximum Gasteiger partial charge on any atom is 0.311 e. The molecule has 0 rings (SSSR count). The van der Waals surface area contributed by atoms with Crippen molar-refractivity contribution in [2.75, 3.05) is 14.2 Å². The number of hydrogen-bond donors (Lipinski definition) is 0. The second kappa shape index (κ2) is 8.11. The maximum absolute atomic E-state index is 11.7. The van der Waals surface area contributed by atoms with Gasteiger partial charge < -0.3 is 9.47 Å². The molecule has 1 unspecified atom stereocenters. The van der Waals surface area contributed by atoms with E-state index in [1.54, 1.807) is 13.8 Å². The van der Waals surface area contributed by atoms with E-state index in [1.807, 2.05) is 13.8 Å². The van der Waals surface area contributed by atoms with Crippen LogP contribution in [0.5, 0.6) is 0 Å². The fraction of sp³-hybridized carbons (Fsp3) is 0.857. The second-order valence-corrected chi connectivity index (χ2v) is 4.96. The summed E-state index contributed by atoms with van der Waals surface area (Å²) in [5.74, 6) is -0.594. The molecule has 0 radical (unpaired) electrons. The smallest absolute Gasteiger partial charge is 0.311 e. The molecule has 18 heavy (non-hydrogen) atoms. The molecule has 0 fully saturated rings. The first kappa shape index (κ1) is 22.1. The summed E-state index contributed by atoms with van der Waals surface area (Å²) in [4.78, 5) is 23.2. The zero-order valence-corrected chi connectivity index (χ0v) is 11.0. The third-order valence-electron chi connectivity index (χ3n) is 3.03. The number of carbonyl (C=O) groups excluding carboxylic acids is 2. The Kier molecular flexibility index (Phi) is 9.98. The molecule has 0 saturated carbocycles. The monoisotopic (exact) mass is 262 g/mol. The maximum atomic E-state index is 11.7. The first-order valence-electron chi connectivity index (χ1n) is 5.40. The molecule has 4 nitrogen and oxygen atoms in total. The van der Waals surface area contributed by atoms with E-state index in [1.165, 1.54) is 14.2 Å². The summed E-state index contributed by atoms with van der Waals surface area (Å²) in [6.07, 6.45) is 1.04. The van der Waals surface area contributed by atoms with E-state index in [2.05, 4.69) is 0 Å². The van der Waals surface area contributed by atoms with Gasteiger partial charge in [0.05, 0.1) is 25.0 Å². The Labute approximate surface area is 112 Å². The van der Waals surface area contributed by atoms with Gasteiger partial charge in [0.15, 0.2) is 0 Å². The quantitative estimate of drug-likeness (QED) is 0.712. The van der Waals surface area contributed by atoms with E-state index in [4.69, 9.17) is 9.47 Å². The van der Waals surface area contributed by atoms with Crippen LogP contribution < -0.4 is 0 Å². The normalized spacial score (nSPS) is 13.4. The molecule has 0 amide bonds. The lowest BCUT2D eigenvalue weighted by atomic mass is 9.72. The van der Waals surface area contributed by atoms with Crippen LogP contribution in [0.1, 0.15) is 55.4 Å². The summed E-state index contributed by atoms with van der Waals surface area (Å²) in [7, 11) is 2.72. The predicted molar refractivity (Wildman–Crippen MR) is 74.3 cm³/mol. The molecule has 0 aromatic carbocycles. The van der Waals surface area contributed by atoms with Gasteiger partial charge in [0, 0.05) is 0 Å². The van der Waals surface area contributed by atoms with Gasteiger partial charge in [-0.15, -0.1) is 0 Å². The van der Waals surface area contributed by atoms with Crippen LogP contribution in [0.3, 0.4) is 0 Å². The van der Waals surface area contributed by atoms with Crippen molar-refractivity contribution in [3.8, 4) is 0 Å². The van der Waals surface area contributed by atoms with Gasteiger partial charge in [0.2, 0.25) is 0 Å². The molecular formula is C14H30O4. The van der Waals surface area contributed by atoms with Crippen LogP contribution >= 0.6 is 0 Å². The van der Waals surface area contributed by atoms with E-state index >= 15 is 0 Å². The molecule has 0 saturated heterocycles. The average molecular weight is 262 g/mol. The Morgan fingerprint density at radius 1 is 0.944 bits per heavy atom. The number of esters is 2. The lowest BCUT2D eigenvalue weighted by Crippen LogP contribution is -2.37. The van der Waals surface area contributed by atoms with E-state index < -0.39 is 10.8 Å². The molecule has 0 aliphatic carbocycles. The summed E-state index contributed by atoms with van der Waals surface area (Å²) < 4.78 is 9.50. The van der Waals surface area contributed by atoms with Crippen LogP contribution in [0, 0.1) is 10.8 Å². The van der Waals surface area contributed by atoms with Gasteiger partial charge in [-0.2, -0.15) is 0 Å². The first-order valence-corrected chi connectivity index (χ1v) is 5.40. The summed E-state index contributed by atoms with van der Waals surface area (Å²) in [5.41, 5.74) is -1.33. The lowest BCUT2D eigenvalue weighted by molar-refractivity contribution is -0.159. The van der Waals surface area contributed by atoms with Crippen molar-refractivity contribution < 1.29 is 19.1 Å². The Morgan fingerprint density at radius 3 is 1.61 bits per heavy atom. The molecule has 0 aliphatic heterocycles. The molecule has 0 aromatic heterocycles. The van der Waals surface area contributed by atoms with Crippen LogP contribution in [0.4, 0.5) is 0 Å². The average Bonchev–Trinajstić information content (AvgIpc) is 2.25. The van der Waals surface area contributed by atoms with Crippen LogP contribution in [0.2, 0.25) is 0 Å². The highest BCUT2D eigenvalue weighted by molar-refractivity contribution is 5.80. The number of carbonyl (C=O) groups is 2. The fourth-order valence-electron chi connectivity index (χ4n) is 1.91. The summed E-state index contributed by atoms with van der Waals surface area (Å²) >= 11 is 0. The number of ether oxygens (including phenoxy) is 2. The first-order chi connectivity index (χ1) is 7.23. The second-order valence-electron chi connectivity index (χ2n) is 4.96. The van der Waals surface area contributed by atoms with Gasteiger partial charge in [-0.1, -0.05) is 21.8 Å². The minimum absolute atomic E-state index is 0. The van der Waals surface area contributed by atoms with Crippen molar-refractivity contribution in [2.45, 2.75) is 55.4 Å². The van der Waals surface area contributed by atoms with Crippen LogP contribution in [-0.4, -0.2) is 26.2 Å². The SMILES string of the molecule is C.C.CCC(C)(CC(C)(C)C(=O)OC)C(=O)OC. The Hall–Kier alpha value is -1.06. The molecule has 0 aliphatic rings. The molecule has 0 bridgehead atoms. The molecule has 110 valence electrons. The van der Waals surface area contributed by atoms with Gasteiger partial charge >= 0.3 is 11.9 Å². The number of hydrogen-bond acceptors (Lipinski definition) is 4. The molecule has 0 heterocycles. The van der Waals surface area contributed by atoms with E-state index in [9.17, 15) is 9.59 Å². The highest BCUT2D eigenvalue weighted by atomic mass is 16.5. The van der Waals surface area contributed by atoms with E-state index in [0.29, 0.717) is 12.8 Å². The Bertz CT molecular complexity index is 271. The number of methoxy groups -OCH3 is 2. The van der Waals surface area contributed by atoms with Crippen molar-refractivity contribution in [2.24, 2.45) is 10.8 Å². The summed E-state index contributed by atoms with van der Waals surface area (Å²) in [6, 6.07) is 0. The van der Waals surface area contributed by atoms with Crippen LogP contribution in [-0.2, 0) is 19.1 Å². The van der Waals surface area contributed by atoms with Crippen molar-refractivity contribution in [1.29, 1.82) is 0 Å². The van der Waals surface area contributed by atoms with Gasteiger partial charge in [0.1, 0.15) is 0 Å². The third-order valence-corrected chi connectivity index (χ3v) is 3.03. The van der Waals surface area contributed by atoms with Crippen molar-refractivity contribution in [3.63, 3.8) is 0 Å². The molecule has 4 heteroatoms. The lowest BCUT2D eigenvalue weighted by Gasteiger charge is -2.32. The predicted octanol–water partition coefficient (Wildman–Crippen LogP) is 3.44. The zero-order chi connectivity index (χ0) is 13.0. The van der Waals surface area contributed by atoms with Crippen LogP contribution in [0.15, 0.2) is 0 Å². The summed E-state index contributed by atoms with van der Waals surface area (Å²) in [5, 5.41) is 0. The van der Waals surface area contributed by atoms with Gasteiger partial charge in [-0.3, -0.25) is 9.59 Å². The van der Waals surface area contributed by atoms with Crippen molar-refractivity contribution in [1.82, 2.24) is 0 Å².